The number of anilines is 2. The molecule has 2 rings (SSSR count). The quantitative estimate of drug-likeness (QED) is 0.825. The molecule has 15 heavy (non-hydrogen) atoms. The van der Waals surface area contributed by atoms with E-state index in [1.54, 1.807) is 12.4 Å². The SMILES string of the molecule is O=c1[nH]cnc(Nc2cccnc2)c1I. The van der Waals surface area contributed by atoms with Gasteiger partial charge >= 0.3 is 0 Å². The average molecular weight is 314 g/mol. The monoisotopic (exact) mass is 314 g/mol. The minimum atomic E-state index is -0.156. The molecule has 2 aromatic heterocycles. The van der Waals surface area contributed by atoms with Gasteiger partial charge in [0.2, 0.25) is 0 Å². The van der Waals surface area contributed by atoms with Crippen molar-refractivity contribution in [3.63, 3.8) is 0 Å². The number of aromatic nitrogens is 3. The normalized spacial score (nSPS) is 9.93. The molecule has 6 heteroatoms. The number of pyridine rings is 1. The summed E-state index contributed by atoms with van der Waals surface area (Å²) in [7, 11) is 0. The third-order valence-corrected chi connectivity index (χ3v) is 2.72. The lowest BCUT2D eigenvalue weighted by Gasteiger charge is -2.05. The first-order valence-corrected chi connectivity index (χ1v) is 5.25. The Kier molecular flexibility index (Phi) is 2.95. The lowest BCUT2D eigenvalue weighted by Crippen LogP contribution is -2.12. The van der Waals surface area contributed by atoms with E-state index in [0.29, 0.717) is 9.39 Å². The van der Waals surface area contributed by atoms with Crippen LogP contribution in [-0.2, 0) is 0 Å². The number of hydrogen-bond donors (Lipinski definition) is 2. The van der Waals surface area contributed by atoms with Crippen LogP contribution in [0.5, 0.6) is 0 Å². The topological polar surface area (TPSA) is 70.7 Å². The maximum absolute atomic E-state index is 11.3. The van der Waals surface area contributed by atoms with E-state index >= 15 is 0 Å². The minimum Gasteiger partial charge on any atom is -0.338 e. The van der Waals surface area contributed by atoms with E-state index in [0.717, 1.165) is 5.69 Å². The van der Waals surface area contributed by atoms with Crippen LogP contribution in [0, 0.1) is 3.57 Å². The fourth-order valence-corrected chi connectivity index (χ4v) is 1.47. The Morgan fingerprint density at radius 2 is 2.33 bits per heavy atom. The van der Waals surface area contributed by atoms with Crippen molar-refractivity contribution < 1.29 is 0 Å². The number of H-pyrrole nitrogens is 1. The molecule has 5 nitrogen and oxygen atoms in total. The maximum Gasteiger partial charge on any atom is 0.266 e. The third kappa shape index (κ3) is 2.32. The lowest BCUT2D eigenvalue weighted by atomic mass is 10.4. The Labute approximate surface area is 99.1 Å². The summed E-state index contributed by atoms with van der Waals surface area (Å²) in [4.78, 5) is 21.8. The van der Waals surface area contributed by atoms with Crippen molar-refractivity contribution in [2.75, 3.05) is 5.32 Å². The molecule has 0 bridgehead atoms. The molecule has 2 aromatic rings. The molecule has 0 fully saturated rings. The highest BCUT2D eigenvalue weighted by molar-refractivity contribution is 14.1. The second-order valence-electron chi connectivity index (χ2n) is 2.76. The molecule has 0 radical (unpaired) electrons. The van der Waals surface area contributed by atoms with Gasteiger partial charge in [0.25, 0.3) is 5.56 Å². The predicted octanol–water partition coefficient (Wildman–Crippen LogP) is 1.51. The number of nitrogens with one attached hydrogen (secondary N) is 2. The van der Waals surface area contributed by atoms with Gasteiger partial charge in [-0.05, 0) is 34.7 Å². The minimum absolute atomic E-state index is 0.156. The number of nitrogens with zero attached hydrogens (tertiary/aromatic N) is 2. The van der Waals surface area contributed by atoms with Crippen molar-refractivity contribution in [1.29, 1.82) is 0 Å². The largest absolute Gasteiger partial charge is 0.338 e. The summed E-state index contributed by atoms with van der Waals surface area (Å²) in [6.45, 7) is 0. The fourth-order valence-electron chi connectivity index (χ4n) is 1.04. The van der Waals surface area contributed by atoms with Gasteiger partial charge in [0.05, 0.1) is 18.2 Å². The van der Waals surface area contributed by atoms with E-state index in [-0.39, 0.29) is 5.56 Å². The molecule has 76 valence electrons. The molecular weight excluding hydrogens is 307 g/mol. The first-order chi connectivity index (χ1) is 7.27. The Hall–Kier alpha value is -1.44. The molecule has 0 saturated carbocycles. The van der Waals surface area contributed by atoms with Crippen molar-refractivity contribution in [2.45, 2.75) is 0 Å². The zero-order chi connectivity index (χ0) is 10.7. The van der Waals surface area contributed by atoms with Crippen LogP contribution in [0.15, 0.2) is 35.6 Å². The van der Waals surface area contributed by atoms with Gasteiger partial charge in [0.1, 0.15) is 3.57 Å². The van der Waals surface area contributed by atoms with Gasteiger partial charge < -0.3 is 10.3 Å². The summed E-state index contributed by atoms with van der Waals surface area (Å²) in [5, 5.41) is 3.01. The summed E-state index contributed by atoms with van der Waals surface area (Å²) in [5.74, 6) is 0.535. The number of halogens is 1. The summed E-state index contributed by atoms with van der Waals surface area (Å²) in [6, 6.07) is 3.66. The number of rotatable bonds is 2. The summed E-state index contributed by atoms with van der Waals surface area (Å²) in [5.41, 5.74) is 0.644. The zero-order valence-corrected chi connectivity index (χ0v) is 9.72. The van der Waals surface area contributed by atoms with Gasteiger partial charge in [-0.2, -0.15) is 0 Å². The molecule has 0 saturated heterocycles. The average Bonchev–Trinajstić information content (AvgIpc) is 2.26. The first kappa shape index (κ1) is 10.1. The Morgan fingerprint density at radius 3 is 3.07 bits per heavy atom. The van der Waals surface area contributed by atoms with Crippen LogP contribution in [0.2, 0.25) is 0 Å². The van der Waals surface area contributed by atoms with Gasteiger partial charge in [-0.25, -0.2) is 4.98 Å². The lowest BCUT2D eigenvalue weighted by molar-refractivity contribution is 1.10. The van der Waals surface area contributed by atoms with E-state index in [9.17, 15) is 4.79 Å². The number of hydrogen-bond acceptors (Lipinski definition) is 4. The standard InChI is InChI=1S/C9H7IN4O/c10-7-8(12-5-13-9(7)15)14-6-2-1-3-11-4-6/h1-5H,(H2,12,13,14,15). The highest BCUT2D eigenvalue weighted by Gasteiger charge is 2.04. The summed E-state index contributed by atoms with van der Waals surface area (Å²) >= 11 is 1.94. The van der Waals surface area contributed by atoms with E-state index in [4.69, 9.17) is 0 Å². The Morgan fingerprint density at radius 1 is 1.47 bits per heavy atom. The van der Waals surface area contributed by atoms with Crippen LogP contribution in [0.25, 0.3) is 0 Å². The van der Waals surface area contributed by atoms with Crippen molar-refractivity contribution in [1.82, 2.24) is 15.0 Å². The molecular formula is C9H7IN4O. The maximum atomic E-state index is 11.3. The smallest absolute Gasteiger partial charge is 0.266 e. The molecule has 0 aliphatic heterocycles. The van der Waals surface area contributed by atoms with Crippen molar-refractivity contribution in [3.8, 4) is 0 Å². The van der Waals surface area contributed by atoms with Gasteiger partial charge in [-0.15, -0.1) is 0 Å². The van der Waals surface area contributed by atoms with Gasteiger partial charge in [0.15, 0.2) is 5.82 Å². The van der Waals surface area contributed by atoms with Gasteiger partial charge in [-0.1, -0.05) is 0 Å². The van der Waals surface area contributed by atoms with E-state index in [2.05, 4.69) is 20.3 Å². The van der Waals surface area contributed by atoms with E-state index in [1.807, 2.05) is 34.7 Å². The van der Waals surface area contributed by atoms with Crippen molar-refractivity contribution in [2.24, 2.45) is 0 Å². The molecule has 2 heterocycles. The molecule has 0 amide bonds. The van der Waals surface area contributed by atoms with Crippen LogP contribution in [0.4, 0.5) is 11.5 Å². The third-order valence-electron chi connectivity index (χ3n) is 1.72. The summed E-state index contributed by atoms with van der Waals surface area (Å²) < 4.78 is 0.527. The second kappa shape index (κ2) is 4.39. The first-order valence-electron chi connectivity index (χ1n) is 4.17. The predicted molar refractivity (Wildman–Crippen MR) is 65.1 cm³/mol. The Balaban J connectivity index is 2.33. The van der Waals surface area contributed by atoms with Crippen LogP contribution >= 0.6 is 22.6 Å². The van der Waals surface area contributed by atoms with Crippen molar-refractivity contribution >= 4 is 34.1 Å². The highest BCUT2D eigenvalue weighted by Crippen LogP contribution is 2.15. The van der Waals surface area contributed by atoms with Gasteiger partial charge in [0, 0.05) is 6.20 Å². The fraction of sp³-hybridized carbons (Fsp3) is 0. The van der Waals surface area contributed by atoms with E-state index in [1.165, 1.54) is 6.33 Å². The molecule has 0 atom stereocenters. The highest BCUT2D eigenvalue weighted by atomic mass is 127. The molecule has 0 aromatic carbocycles. The zero-order valence-electron chi connectivity index (χ0n) is 7.57. The van der Waals surface area contributed by atoms with Crippen LogP contribution in [-0.4, -0.2) is 15.0 Å². The van der Waals surface area contributed by atoms with Gasteiger partial charge in [-0.3, -0.25) is 9.78 Å². The van der Waals surface area contributed by atoms with Crippen LogP contribution < -0.4 is 10.9 Å². The number of aromatic amines is 1. The molecule has 0 aliphatic rings. The molecule has 0 unspecified atom stereocenters. The van der Waals surface area contributed by atoms with Crippen LogP contribution in [0.1, 0.15) is 0 Å². The van der Waals surface area contributed by atoms with Crippen molar-refractivity contribution in [3.05, 3.63) is 44.8 Å². The Bertz CT molecular complexity index is 511. The van der Waals surface area contributed by atoms with Crippen LogP contribution in [0.3, 0.4) is 0 Å². The second-order valence-corrected chi connectivity index (χ2v) is 3.84. The molecule has 0 spiro atoms. The molecule has 2 N–H and O–H groups in total. The van der Waals surface area contributed by atoms with E-state index < -0.39 is 0 Å². The molecule has 0 aliphatic carbocycles. The summed E-state index contributed by atoms with van der Waals surface area (Å²) in [6.07, 6.45) is 4.71.